The van der Waals surface area contributed by atoms with Gasteiger partial charge in [0.2, 0.25) is 5.91 Å². The number of guanidine groups is 1. The lowest BCUT2D eigenvalue weighted by Crippen LogP contribution is -2.49. The third-order valence-corrected chi connectivity index (χ3v) is 5.23. The molecule has 1 saturated carbocycles. The van der Waals surface area contributed by atoms with E-state index in [9.17, 15) is 4.79 Å². The number of aliphatic imine (C=N–C) groups is 1. The van der Waals surface area contributed by atoms with Gasteiger partial charge >= 0.3 is 0 Å². The molecule has 0 bridgehead atoms. The Balaban J connectivity index is 2.09. The van der Waals surface area contributed by atoms with Gasteiger partial charge in [-0.2, -0.15) is 0 Å². The van der Waals surface area contributed by atoms with Crippen molar-refractivity contribution in [2.24, 2.45) is 10.4 Å². The zero-order valence-electron chi connectivity index (χ0n) is 17.8. The molecular weight excluding hydrogens is 356 g/mol. The molecule has 1 aromatic carbocycles. The number of hydrogen-bond donors (Lipinski definition) is 2. The van der Waals surface area contributed by atoms with Crippen LogP contribution in [0.2, 0.25) is 0 Å². The van der Waals surface area contributed by atoms with Crippen LogP contribution in [0.4, 0.5) is 0 Å². The lowest BCUT2D eigenvalue weighted by atomic mass is 9.84. The first kappa shape index (κ1) is 21.9. The Kier molecular flexibility index (Phi) is 7.96. The molecule has 156 valence electrons. The van der Waals surface area contributed by atoms with Gasteiger partial charge in [-0.25, -0.2) is 4.99 Å². The first-order valence-electron chi connectivity index (χ1n) is 9.90. The fourth-order valence-electron chi connectivity index (χ4n) is 3.74. The number of ether oxygens (including phenoxy) is 2. The molecule has 0 heterocycles. The largest absolute Gasteiger partial charge is 0.493 e. The quantitative estimate of drug-likeness (QED) is 0.527. The fraction of sp³-hybridized carbons (Fsp3) is 0.619. The molecular formula is C21H34N4O3. The predicted octanol–water partition coefficient (Wildman–Crippen LogP) is 2.41. The van der Waals surface area contributed by atoms with Crippen LogP contribution >= 0.6 is 0 Å². The van der Waals surface area contributed by atoms with Gasteiger partial charge < -0.3 is 25.0 Å². The second-order valence-corrected chi connectivity index (χ2v) is 7.43. The van der Waals surface area contributed by atoms with E-state index in [1.807, 2.05) is 39.2 Å². The maximum atomic E-state index is 12.7. The molecule has 2 N–H and O–H groups in total. The highest BCUT2D eigenvalue weighted by atomic mass is 16.5. The lowest BCUT2D eigenvalue weighted by Gasteiger charge is -2.31. The molecule has 0 atom stereocenters. The molecule has 0 aliphatic heterocycles. The summed E-state index contributed by atoms with van der Waals surface area (Å²) in [4.78, 5) is 19.1. The zero-order chi connectivity index (χ0) is 20.6. The first-order chi connectivity index (χ1) is 13.5. The van der Waals surface area contributed by atoms with Crippen molar-refractivity contribution in [3.05, 3.63) is 23.8 Å². The predicted molar refractivity (Wildman–Crippen MR) is 112 cm³/mol. The summed E-state index contributed by atoms with van der Waals surface area (Å²) in [6.45, 7) is 3.89. The van der Waals surface area contributed by atoms with Gasteiger partial charge in [0.25, 0.3) is 0 Å². The molecule has 1 aliphatic carbocycles. The van der Waals surface area contributed by atoms with Crippen molar-refractivity contribution in [1.82, 2.24) is 15.5 Å². The van der Waals surface area contributed by atoms with E-state index in [4.69, 9.17) is 9.47 Å². The Hall–Kier alpha value is -2.44. The molecule has 0 unspecified atom stereocenters. The zero-order valence-corrected chi connectivity index (χ0v) is 17.8. The fourth-order valence-corrected chi connectivity index (χ4v) is 3.74. The van der Waals surface area contributed by atoms with E-state index in [0.717, 1.165) is 43.8 Å². The molecule has 0 saturated heterocycles. The smallest absolute Gasteiger partial charge is 0.230 e. The maximum Gasteiger partial charge on any atom is 0.230 e. The van der Waals surface area contributed by atoms with Crippen LogP contribution < -0.4 is 20.1 Å². The number of nitrogens with zero attached hydrogens (tertiary/aromatic N) is 2. The molecule has 1 amide bonds. The third kappa shape index (κ3) is 5.30. The average molecular weight is 391 g/mol. The monoisotopic (exact) mass is 390 g/mol. The van der Waals surface area contributed by atoms with Gasteiger partial charge in [-0.1, -0.05) is 18.9 Å². The van der Waals surface area contributed by atoms with Gasteiger partial charge in [0.15, 0.2) is 17.5 Å². The highest BCUT2D eigenvalue weighted by molar-refractivity contribution is 5.85. The summed E-state index contributed by atoms with van der Waals surface area (Å²) >= 11 is 0. The number of carbonyl (C=O) groups is 1. The SMILES string of the molecule is CCNC(=NCc1ccc(OC)c(OC)c1)NCC1(C(=O)N(C)C)CCCC1. The Labute approximate surface area is 168 Å². The van der Waals surface area contributed by atoms with E-state index in [-0.39, 0.29) is 11.3 Å². The van der Waals surface area contributed by atoms with E-state index >= 15 is 0 Å². The number of methoxy groups -OCH3 is 2. The Morgan fingerprint density at radius 3 is 2.39 bits per heavy atom. The Morgan fingerprint density at radius 1 is 1.14 bits per heavy atom. The minimum atomic E-state index is -0.330. The van der Waals surface area contributed by atoms with Crippen molar-refractivity contribution >= 4 is 11.9 Å². The highest BCUT2D eigenvalue weighted by Crippen LogP contribution is 2.38. The summed E-state index contributed by atoms with van der Waals surface area (Å²) in [6, 6.07) is 5.79. The van der Waals surface area contributed by atoms with Gasteiger partial charge in [0.1, 0.15) is 0 Å². The number of carbonyl (C=O) groups excluding carboxylic acids is 1. The standard InChI is InChI=1S/C21H34N4O3/c1-6-22-20(23-14-16-9-10-17(27-4)18(13-16)28-5)24-15-21(11-7-8-12-21)19(26)25(2)3/h9-10,13H,6-8,11-12,14-15H2,1-5H3,(H2,22,23,24). The maximum absolute atomic E-state index is 12.7. The van der Waals surface area contributed by atoms with Crippen LogP contribution in [0.15, 0.2) is 23.2 Å². The van der Waals surface area contributed by atoms with Crippen molar-refractivity contribution < 1.29 is 14.3 Å². The van der Waals surface area contributed by atoms with E-state index in [1.165, 1.54) is 0 Å². The van der Waals surface area contributed by atoms with Crippen LogP contribution in [-0.2, 0) is 11.3 Å². The van der Waals surface area contributed by atoms with Crippen LogP contribution in [0.1, 0.15) is 38.2 Å². The van der Waals surface area contributed by atoms with Crippen LogP contribution in [-0.4, -0.2) is 58.2 Å². The molecule has 28 heavy (non-hydrogen) atoms. The molecule has 7 heteroatoms. The van der Waals surface area contributed by atoms with Crippen molar-refractivity contribution in [2.45, 2.75) is 39.2 Å². The van der Waals surface area contributed by atoms with Crippen LogP contribution in [0.3, 0.4) is 0 Å². The summed E-state index contributed by atoms with van der Waals surface area (Å²) in [5.74, 6) is 2.31. The lowest BCUT2D eigenvalue weighted by molar-refractivity contribution is -0.138. The normalized spacial score (nSPS) is 15.8. The summed E-state index contributed by atoms with van der Waals surface area (Å²) in [7, 11) is 6.91. The van der Waals surface area contributed by atoms with Crippen molar-refractivity contribution in [3.8, 4) is 11.5 Å². The minimum Gasteiger partial charge on any atom is -0.493 e. The van der Waals surface area contributed by atoms with Gasteiger partial charge in [0.05, 0.1) is 26.2 Å². The molecule has 0 spiro atoms. The van der Waals surface area contributed by atoms with E-state index in [1.54, 1.807) is 19.1 Å². The average Bonchev–Trinajstić information content (AvgIpc) is 3.19. The second kappa shape index (κ2) is 10.2. The molecule has 1 aliphatic rings. The van der Waals surface area contributed by atoms with Gasteiger partial charge in [-0.3, -0.25) is 4.79 Å². The summed E-state index contributed by atoms with van der Waals surface area (Å²) < 4.78 is 10.6. The molecule has 0 aromatic heterocycles. The first-order valence-corrected chi connectivity index (χ1v) is 9.90. The molecule has 1 aromatic rings. The van der Waals surface area contributed by atoms with E-state index in [0.29, 0.717) is 24.6 Å². The molecule has 2 rings (SSSR count). The highest BCUT2D eigenvalue weighted by Gasteiger charge is 2.42. The topological polar surface area (TPSA) is 75.2 Å². The summed E-state index contributed by atoms with van der Waals surface area (Å²) in [5.41, 5.74) is 0.693. The number of nitrogens with one attached hydrogen (secondary N) is 2. The number of hydrogen-bond acceptors (Lipinski definition) is 4. The van der Waals surface area contributed by atoms with Crippen LogP contribution in [0, 0.1) is 5.41 Å². The molecule has 7 nitrogen and oxygen atoms in total. The van der Waals surface area contributed by atoms with Crippen molar-refractivity contribution in [1.29, 1.82) is 0 Å². The molecule has 1 fully saturated rings. The number of amides is 1. The Bertz CT molecular complexity index is 682. The molecule has 0 radical (unpaired) electrons. The third-order valence-electron chi connectivity index (χ3n) is 5.23. The van der Waals surface area contributed by atoms with Crippen LogP contribution in [0.5, 0.6) is 11.5 Å². The summed E-state index contributed by atoms with van der Waals surface area (Å²) in [6.07, 6.45) is 4.04. The van der Waals surface area contributed by atoms with Crippen molar-refractivity contribution in [2.75, 3.05) is 41.4 Å². The minimum absolute atomic E-state index is 0.202. The number of benzene rings is 1. The second-order valence-electron chi connectivity index (χ2n) is 7.43. The summed E-state index contributed by atoms with van der Waals surface area (Å²) in [5, 5.41) is 6.67. The van der Waals surface area contributed by atoms with E-state index in [2.05, 4.69) is 15.6 Å². The van der Waals surface area contributed by atoms with Gasteiger partial charge in [-0.15, -0.1) is 0 Å². The van der Waals surface area contributed by atoms with E-state index < -0.39 is 0 Å². The van der Waals surface area contributed by atoms with Gasteiger partial charge in [0, 0.05) is 27.2 Å². The van der Waals surface area contributed by atoms with Crippen LogP contribution in [0.25, 0.3) is 0 Å². The number of rotatable bonds is 8. The van der Waals surface area contributed by atoms with Gasteiger partial charge in [-0.05, 0) is 37.5 Å². The van der Waals surface area contributed by atoms with Crippen molar-refractivity contribution in [3.63, 3.8) is 0 Å². The Morgan fingerprint density at radius 2 is 1.82 bits per heavy atom.